The molecular weight excluding hydrogens is 402 g/mol. The number of anilines is 1. The fourth-order valence-electron chi connectivity index (χ4n) is 3.69. The molecule has 30 heavy (non-hydrogen) atoms. The molecule has 1 amide bonds. The van der Waals surface area contributed by atoms with Gasteiger partial charge < -0.3 is 10.2 Å². The fourth-order valence-corrected chi connectivity index (χ4v) is 5.24. The van der Waals surface area contributed by atoms with Crippen molar-refractivity contribution < 1.29 is 13.2 Å². The Hall–Kier alpha value is -2.23. The Morgan fingerprint density at radius 1 is 1.23 bits per heavy atom. The van der Waals surface area contributed by atoms with E-state index in [1.165, 1.54) is 4.31 Å². The summed E-state index contributed by atoms with van der Waals surface area (Å²) in [6.45, 7) is 8.52. The maximum Gasteiger partial charge on any atom is 0.243 e. The maximum absolute atomic E-state index is 12.9. The van der Waals surface area contributed by atoms with Crippen LogP contribution >= 0.6 is 0 Å². The van der Waals surface area contributed by atoms with E-state index in [1.807, 2.05) is 10.9 Å². The topological polar surface area (TPSA) is 87.5 Å². The largest absolute Gasteiger partial charge is 0.323 e. The van der Waals surface area contributed by atoms with Crippen LogP contribution in [0.15, 0.2) is 47.6 Å². The van der Waals surface area contributed by atoms with Gasteiger partial charge in [-0.15, -0.1) is 0 Å². The number of sulfonamides is 1. The molecular formula is C21H31N5O3S. The van der Waals surface area contributed by atoms with E-state index in [4.69, 9.17) is 0 Å². The summed E-state index contributed by atoms with van der Waals surface area (Å²) in [6.07, 6.45) is 4.79. The van der Waals surface area contributed by atoms with Crippen molar-refractivity contribution >= 4 is 21.6 Å². The van der Waals surface area contributed by atoms with Gasteiger partial charge in [0.2, 0.25) is 15.9 Å². The van der Waals surface area contributed by atoms with Crippen LogP contribution in [0.2, 0.25) is 0 Å². The number of carbonyl (C=O) groups excluding carboxylic acids is 1. The van der Waals surface area contributed by atoms with E-state index in [-0.39, 0.29) is 23.3 Å². The van der Waals surface area contributed by atoms with E-state index < -0.39 is 10.0 Å². The summed E-state index contributed by atoms with van der Waals surface area (Å²) in [4.78, 5) is 15.3. The Morgan fingerprint density at radius 3 is 2.67 bits per heavy atom. The summed E-state index contributed by atoms with van der Waals surface area (Å²) in [5.74, 6) is -0.539. The van der Waals surface area contributed by atoms with Crippen LogP contribution < -0.4 is 5.32 Å². The molecule has 0 aliphatic carbocycles. The highest BCUT2D eigenvalue weighted by Gasteiger charge is 2.33. The van der Waals surface area contributed by atoms with Gasteiger partial charge in [-0.1, -0.05) is 32.0 Å². The minimum atomic E-state index is -3.59. The van der Waals surface area contributed by atoms with Crippen molar-refractivity contribution in [1.29, 1.82) is 0 Å². The molecule has 1 aliphatic heterocycles. The molecule has 1 fully saturated rings. The average molecular weight is 434 g/mol. The Labute approximate surface area is 178 Å². The monoisotopic (exact) mass is 433 g/mol. The predicted molar refractivity (Wildman–Crippen MR) is 117 cm³/mol. The van der Waals surface area contributed by atoms with Crippen LogP contribution in [0.25, 0.3) is 0 Å². The van der Waals surface area contributed by atoms with Gasteiger partial charge in [0.15, 0.2) is 0 Å². The number of hydrogen-bond donors (Lipinski definition) is 1. The first-order valence-corrected chi connectivity index (χ1v) is 12.0. The minimum absolute atomic E-state index is 0.161. The summed E-state index contributed by atoms with van der Waals surface area (Å²) in [5, 5.41) is 7.22. The second-order valence-corrected chi connectivity index (χ2v) is 9.46. The summed E-state index contributed by atoms with van der Waals surface area (Å²) in [5.41, 5.74) is 0.641. The highest BCUT2D eigenvalue weighted by atomic mass is 32.2. The SMILES string of the molecule is CCN(CC)CCn1cc(NC(=O)C2CCCN(S(=O)(=O)c3ccccc3)C2)cn1. The third-order valence-electron chi connectivity index (χ3n) is 5.58. The lowest BCUT2D eigenvalue weighted by atomic mass is 9.99. The van der Waals surface area contributed by atoms with Crippen molar-refractivity contribution in [3.05, 3.63) is 42.7 Å². The second-order valence-electron chi connectivity index (χ2n) is 7.52. The Balaban J connectivity index is 1.58. The van der Waals surface area contributed by atoms with E-state index in [9.17, 15) is 13.2 Å². The molecule has 164 valence electrons. The molecule has 0 spiro atoms. The molecule has 8 nitrogen and oxygen atoms in total. The Morgan fingerprint density at radius 2 is 1.97 bits per heavy atom. The van der Waals surface area contributed by atoms with Crippen LogP contribution in [0.1, 0.15) is 26.7 Å². The number of carbonyl (C=O) groups is 1. The van der Waals surface area contributed by atoms with Gasteiger partial charge in [0.05, 0.1) is 29.2 Å². The molecule has 1 unspecified atom stereocenters. The van der Waals surface area contributed by atoms with Gasteiger partial charge in [-0.25, -0.2) is 8.42 Å². The van der Waals surface area contributed by atoms with Gasteiger partial charge >= 0.3 is 0 Å². The van der Waals surface area contributed by atoms with Crippen LogP contribution in [0.5, 0.6) is 0 Å². The van der Waals surface area contributed by atoms with Crippen molar-refractivity contribution in [2.45, 2.75) is 38.1 Å². The number of hydrogen-bond acceptors (Lipinski definition) is 5. The van der Waals surface area contributed by atoms with E-state index in [0.29, 0.717) is 25.1 Å². The van der Waals surface area contributed by atoms with Crippen molar-refractivity contribution in [3.8, 4) is 0 Å². The highest BCUT2D eigenvalue weighted by molar-refractivity contribution is 7.89. The number of aromatic nitrogens is 2. The van der Waals surface area contributed by atoms with E-state index in [2.05, 4.69) is 29.2 Å². The van der Waals surface area contributed by atoms with Crippen molar-refractivity contribution in [2.24, 2.45) is 5.92 Å². The zero-order valence-corrected chi connectivity index (χ0v) is 18.5. The first-order chi connectivity index (χ1) is 14.4. The third-order valence-corrected chi connectivity index (χ3v) is 7.46. The zero-order valence-electron chi connectivity index (χ0n) is 17.7. The summed E-state index contributed by atoms with van der Waals surface area (Å²) < 4.78 is 29.0. The van der Waals surface area contributed by atoms with Crippen molar-refractivity contribution in [1.82, 2.24) is 19.0 Å². The molecule has 3 rings (SSSR count). The van der Waals surface area contributed by atoms with Gasteiger partial charge in [-0.05, 0) is 38.1 Å². The third kappa shape index (κ3) is 5.47. The minimum Gasteiger partial charge on any atom is -0.323 e. The maximum atomic E-state index is 12.9. The molecule has 1 atom stereocenters. The number of benzene rings is 1. The van der Waals surface area contributed by atoms with E-state index in [0.717, 1.165) is 26.2 Å². The summed E-state index contributed by atoms with van der Waals surface area (Å²) >= 11 is 0. The van der Waals surface area contributed by atoms with Crippen molar-refractivity contribution in [3.63, 3.8) is 0 Å². The Bertz CT molecular complexity index is 925. The standard InChI is InChI=1S/C21H31N5O3S/c1-3-24(4-2)13-14-25-17-19(15-22-25)23-21(27)18-9-8-12-26(16-18)30(28,29)20-10-6-5-7-11-20/h5-7,10-11,15,17-18H,3-4,8-9,12-14,16H2,1-2H3,(H,23,27). The predicted octanol–water partition coefficient (Wildman–Crippen LogP) is 2.26. The number of amides is 1. The molecule has 0 bridgehead atoms. The van der Waals surface area contributed by atoms with Crippen LogP contribution in [0, 0.1) is 5.92 Å². The van der Waals surface area contributed by atoms with Crippen LogP contribution in [0.4, 0.5) is 5.69 Å². The summed E-state index contributed by atoms with van der Waals surface area (Å²) in [6, 6.07) is 8.38. The Kier molecular flexibility index (Phi) is 7.63. The molecule has 2 heterocycles. The zero-order chi connectivity index (χ0) is 21.6. The number of piperidine rings is 1. The first-order valence-electron chi connectivity index (χ1n) is 10.5. The van der Waals surface area contributed by atoms with E-state index >= 15 is 0 Å². The normalized spacial score (nSPS) is 17.9. The molecule has 9 heteroatoms. The average Bonchev–Trinajstić information content (AvgIpc) is 3.22. The first kappa shape index (κ1) is 22.5. The van der Waals surface area contributed by atoms with Gasteiger partial charge in [-0.3, -0.25) is 9.48 Å². The van der Waals surface area contributed by atoms with Gasteiger partial charge in [0, 0.05) is 25.8 Å². The summed E-state index contributed by atoms with van der Waals surface area (Å²) in [7, 11) is -3.59. The number of nitrogens with one attached hydrogen (secondary N) is 1. The van der Waals surface area contributed by atoms with Gasteiger partial charge in [-0.2, -0.15) is 9.40 Å². The van der Waals surface area contributed by atoms with Gasteiger partial charge in [0.1, 0.15) is 0 Å². The molecule has 1 aliphatic rings. The van der Waals surface area contributed by atoms with E-state index in [1.54, 1.807) is 36.5 Å². The second kappa shape index (κ2) is 10.2. The lowest BCUT2D eigenvalue weighted by Gasteiger charge is -2.31. The number of likely N-dealkylation sites (N-methyl/N-ethyl adjacent to an activating group) is 1. The lowest BCUT2D eigenvalue weighted by molar-refractivity contribution is -0.120. The molecule has 0 radical (unpaired) electrons. The van der Waals surface area contributed by atoms with Crippen molar-refractivity contribution in [2.75, 3.05) is 38.0 Å². The smallest absolute Gasteiger partial charge is 0.243 e. The van der Waals surface area contributed by atoms with Gasteiger partial charge in [0.25, 0.3) is 0 Å². The molecule has 2 aromatic rings. The lowest BCUT2D eigenvalue weighted by Crippen LogP contribution is -2.43. The highest BCUT2D eigenvalue weighted by Crippen LogP contribution is 2.24. The molecule has 0 saturated carbocycles. The fraction of sp³-hybridized carbons (Fsp3) is 0.524. The molecule has 1 aromatic carbocycles. The number of rotatable bonds is 9. The number of nitrogens with zero attached hydrogens (tertiary/aromatic N) is 4. The quantitative estimate of drug-likeness (QED) is 0.655. The molecule has 1 N–H and O–H groups in total. The van der Waals surface area contributed by atoms with Crippen LogP contribution in [-0.4, -0.2) is 66.0 Å². The van der Waals surface area contributed by atoms with Crippen LogP contribution in [0.3, 0.4) is 0 Å². The van der Waals surface area contributed by atoms with Crippen LogP contribution in [-0.2, 0) is 21.4 Å². The molecule has 1 aromatic heterocycles. The molecule has 1 saturated heterocycles.